The van der Waals surface area contributed by atoms with Gasteiger partial charge >= 0.3 is 0 Å². The van der Waals surface area contributed by atoms with Gasteiger partial charge in [0.2, 0.25) is 5.91 Å². The van der Waals surface area contributed by atoms with Gasteiger partial charge in [0.25, 0.3) is 0 Å². The first-order chi connectivity index (χ1) is 10.9. The third-order valence-corrected chi connectivity index (χ3v) is 4.33. The molecule has 0 aliphatic carbocycles. The highest BCUT2D eigenvalue weighted by Gasteiger charge is 2.25. The first kappa shape index (κ1) is 18.2. The minimum absolute atomic E-state index is 0.0288. The third-order valence-electron chi connectivity index (χ3n) is 4.09. The summed E-state index contributed by atoms with van der Waals surface area (Å²) in [7, 11) is 0. The van der Waals surface area contributed by atoms with Crippen molar-refractivity contribution in [1.82, 2.24) is 15.1 Å². The van der Waals surface area contributed by atoms with E-state index in [1.807, 2.05) is 31.2 Å². The number of hydrogen-bond donors (Lipinski definition) is 2. The molecule has 1 aliphatic rings. The van der Waals surface area contributed by atoms with Crippen LogP contribution in [0.4, 0.5) is 0 Å². The van der Waals surface area contributed by atoms with E-state index in [9.17, 15) is 9.90 Å². The van der Waals surface area contributed by atoms with Crippen molar-refractivity contribution in [2.24, 2.45) is 0 Å². The smallest absolute Gasteiger partial charge is 0.234 e. The number of aliphatic hydroxyl groups excluding tert-OH is 1. The molecule has 0 spiro atoms. The van der Waals surface area contributed by atoms with Crippen LogP contribution in [-0.2, 0) is 11.3 Å². The molecular weight excluding hydrogens is 314 g/mol. The molecule has 1 fully saturated rings. The average molecular weight is 340 g/mol. The maximum Gasteiger partial charge on any atom is 0.234 e. The van der Waals surface area contributed by atoms with E-state index in [0.29, 0.717) is 30.7 Å². The minimum atomic E-state index is -0.315. The zero-order valence-corrected chi connectivity index (χ0v) is 14.6. The fourth-order valence-corrected chi connectivity index (χ4v) is 3.14. The van der Waals surface area contributed by atoms with Crippen molar-refractivity contribution in [3.63, 3.8) is 0 Å². The summed E-state index contributed by atoms with van der Waals surface area (Å²) < 4.78 is 0. The van der Waals surface area contributed by atoms with Gasteiger partial charge in [0.15, 0.2) is 0 Å². The van der Waals surface area contributed by atoms with Crippen LogP contribution < -0.4 is 5.32 Å². The molecule has 2 unspecified atom stereocenters. The van der Waals surface area contributed by atoms with Crippen LogP contribution in [0.15, 0.2) is 24.3 Å². The maximum atomic E-state index is 12.1. The van der Waals surface area contributed by atoms with E-state index in [0.717, 1.165) is 25.2 Å². The number of amides is 1. The molecule has 2 rings (SSSR count). The van der Waals surface area contributed by atoms with Crippen LogP contribution in [0.3, 0.4) is 0 Å². The number of nitrogens with zero attached hydrogens (tertiary/aromatic N) is 2. The van der Waals surface area contributed by atoms with Crippen LogP contribution in [0.2, 0.25) is 5.02 Å². The van der Waals surface area contributed by atoms with Gasteiger partial charge < -0.3 is 10.4 Å². The topological polar surface area (TPSA) is 55.8 Å². The van der Waals surface area contributed by atoms with E-state index in [4.69, 9.17) is 11.6 Å². The number of benzene rings is 1. The lowest BCUT2D eigenvalue weighted by atomic mass is 10.1. The molecule has 6 heteroatoms. The Hall–Kier alpha value is -1.14. The molecule has 0 bridgehead atoms. The molecule has 2 atom stereocenters. The van der Waals surface area contributed by atoms with Crippen LogP contribution >= 0.6 is 11.6 Å². The minimum Gasteiger partial charge on any atom is -0.392 e. The number of rotatable bonds is 6. The van der Waals surface area contributed by atoms with Crippen molar-refractivity contribution < 1.29 is 9.90 Å². The molecule has 2 N–H and O–H groups in total. The fourth-order valence-electron chi connectivity index (χ4n) is 2.93. The lowest BCUT2D eigenvalue weighted by molar-refractivity contribution is -0.123. The normalized spacial score (nSPS) is 21.1. The number of carbonyl (C=O) groups excluding carboxylic acids is 1. The molecule has 1 amide bonds. The number of carbonyl (C=O) groups is 1. The molecule has 1 aliphatic heterocycles. The van der Waals surface area contributed by atoms with Crippen LogP contribution in [-0.4, -0.2) is 65.7 Å². The van der Waals surface area contributed by atoms with Gasteiger partial charge in [-0.05, 0) is 31.5 Å². The maximum absolute atomic E-state index is 12.1. The van der Waals surface area contributed by atoms with E-state index in [1.165, 1.54) is 0 Å². The van der Waals surface area contributed by atoms with Gasteiger partial charge in [-0.15, -0.1) is 0 Å². The van der Waals surface area contributed by atoms with Gasteiger partial charge in [0.05, 0.1) is 12.6 Å². The first-order valence-electron chi connectivity index (χ1n) is 8.09. The Labute approximate surface area is 143 Å². The Balaban J connectivity index is 1.74. The second-order valence-electron chi connectivity index (χ2n) is 6.33. The largest absolute Gasteiger partial charge is 0.392 e. The quantitative estimate of drug-likeness (QED) is 0.821. The van der Waals surface area contributed by atoms with Gasteiger partial charge in [-0.3, -0.25) is 14.6 Å². The number of piperazine rings is 1. The standard InChI is InChI=1S/C17H26ClN3O2/c1-13-10-20(6-7-21(13)11-14(2)22)12-17(23)19-9-15-4-3-5-16(18)8-15/h3-5,8,13-14,22H,6-7,9-12H2,1-2H3,(H,19,23). The van der Waals surface area contributed by atoms with Gasteiger partial charge in [-0.25, -0.2) is 0 Å². The van der Waals surface area contributed by atoms with Gasteiger partial charge in [-0.2, -0.15) is 0 Å². The predicted octanol–water partition coefficient (Wildman–Crippen LogP) is 1.34. The van der Waals surface area contributed by atoms with Crippen LogP contribution in [0.25, 0.3) is 0 Å². The summed E-state index contributed by atoms with van der Waals surface area (Å²) in [5, 5.41) is 13.1. The summed E-state index contributed by atoms with van der Waals surface area (Å²) in [5.74, 6) is 0.0288. The summed E-state index contributed by atoms with van der Waals surface area (Å²) in [6.07, 6.45) is -0.315. The molecule has 1 aromatic carbocycles. The van der Waals surface area contributed by atoms with Gasteiger partial charge in [0, 0.05) is 43.8 Å². The van der Waals surface area contributed by atoms with Crippen molar-refractivity contribution in [2.45, 2.75) is 32.5 Å². The van der Waals surface area contributed by atoms with E-state index in [2.05, 4.69) is 22.0 Å². The molecule has 1 saturated heterocycles. The molecule has 1 aromatic rings. The zero-order chi connectivity index (χ0) is 16.8. The lowest BCUT2D eigenvalue weighted by Crippen LogP contribution is -2.55. The number of halogens is 1. The van der Waals surface area contributed by atoms with Crippen molar-refractivity contribution >= 4 is 17.5 Å². The van der Waals surface area contributed by atoms with Crippen LogP contribution in [0.1, 0.15) is 19.4 Å². The van der Waals surface area contributed by atoms with E-state index in [1.54, 1.807) is 0 Å². The average Bonchev–Trinajstić information content (AvgIpc) is 2.48. The summed E-state index contributed by atoms with van der Waals surface area (Å²) in [6.45, 7) is 8.12. The predicted molar refractivity (Wildman–Crippen MR) is 92.5 cm³/mol. The van der Waals surface area contributed by atoms with Gasteiger partial charge in [0.1, 0.15) is 0 Å². The van der Waals surface area contributed by atoms with E-state index < -0.39 is 0 Å². The fraction of sp³-hybridized carbons (Fsp3) is 0.588. The van der Waals surface area contributed by atoms with Crippen molar-refractivity contribution in [1.29, 1.82) is 0 Å². The Morgan fingerprint density at radius 3 is 2.91 bits per heavy atom. The SMILES string of the molecule is CC(O)CN1CCN(CC(=O)NCc2cccc(Cl)c2)CC1C. The van der Waals surface area contributed by atoms with Crippen LogP contribution in [0.5, 0.6) is 0 Å². The van der Waals surface area contributed by atoms with Crippen molar-refractivity contribution in [3.05, 3.63) is 34.9 Å². The summed E-state index contributed by atoms with van der Waals surface area (Å²) in [5.41, 5.74) is 1.00. The van der Waals surface area contributed by atoms with Crippen LogP contribution in [0, 0.1) is 0 Å². The third kappa shape index (κ3) is 6.11. The van der Waals surface area contributed by atoms with Gasteiger partial charge in [-0.1, -0.05) is 23.7 Å². The highest BCUT2D eigenvalue weighted by atomic mass is 35.5. The molecule has 0 saturated carbocycles. The molecule has 1 heterocycles. The zero-order valence-electron chi connectivity index (χ0n) is 13.8. The van der Waals surface area contributed by atoms with E-state index >= 15 is 0 Å². The first-order valence-corrected chi connectivity index (χ1v) is 8.47. The summed E-state index contributed by atoms with van der Waals surface area (Å²) in [4.78, 5) is 16.5. The van der Waals surface area contributed by atoms with Crippen molar-refractivity contribution in [3.8, 4) is 0 Å². The second kappa shape index (κ2) is 8.64. The summed E-state index contributed by atoms with van der Waals surface area (Å²) >= 11 is 5.94. The molecule has 0 radical (unpaired) electrons. The second-order valence-corrected chi connectivity index (χ2v) is 6.77. The lowest BCUT2D eigenvalue weighted by Gasteiger charge is -2.40. The number of hydrogen-bond acceptors (Lipinski definition) is 4. The molecule has 5 nitrogen and oxygen atoms in total. The molecule has 128 valence electrons. The Morgan fingerprint density at radius 1 is 1.48 bits per heavy atom. The monoisotopic (exact) mass is 339 g/mol. The Morgan fingerprint density at radius 2 is 2.26 bits per heavy atom. The molecule has 0 aromatic heterocycles. The molecule has 23 heavy (non-hydrogen) atoms. The number of aliphatic hydroxyl groups is 1. The Bertz CT molecular complexity index is 524. The van der Waals surface area contributed by atoms with Crippen molar-refractivity contribution in [2.75, 3.05) is 32.7 Å². The number of nitrogens with one attached hydrogen (secondary N) is 1. The highest BCUT2D eigenvalue weighted by molar-refractivity contribution is 6.30. The summed E-state index contributed by atoms with van der Waals surface area (Å²) in [6, 6.07) is 7.86. The van der Waals surface area contributed by atoms with E-state index in [-0.39, 0.29) is 12.0 Å². The number of β-amino-alcohol motifs (C(OH)–C–C–N with tert-alkyl or cyclic N) is 1. The molecular formula is C17H26ClN3O2. The highest BCUT2D eigenvalue weighted by Crippen LogP contribution is 2.11. The Kier molecular flexibility index (Phi) is 6.84.